The molecule has 3 heteroatoms. The molecule has 0 aromatic heterocycles. The summed E-state index contributed by atoms with van der Waals surface area (Å²) in [5, 5.41) is 0. The lowest BCUT2D eigenvalue weighted by Crippen LogP contribution is -2.18. The van der Waals surface area contributed by atoms with Gasteiger partial charge in [0.05, 0.1) is 12.3 Å². The number of benzene rings is 1. The Bertz CT molecular complexity index is 501. The number of Topliss-reactive ketones (excluding diaryl/α,β-unsaturated/α-hetero) is 1. The Labute approximate surface area is 119 Å². The minimum Gasteiger partial charge on any atom is -0.457 e. The van der Waals surface area contributed by atoms with Gasteiger partial charge in [0.1, 0.15) is 11.9 Å². The van der Waals surface area contributed by atoms with Gasteiger partial charge in [0.25, 0.3) is 0 Å². The standard InChI is InChI=1S/C17H20O3/c1-3-4-5-6-15(18)14-11-16(19)20-17(14)13-9-7-12(2)8-10-13/h3,7-10,14,17H,1,4-6,11H2,2H3/t14-,17-/m1/s1. The van der Waals surface area contributed by atoms with E-state index >= 15 is 0 Å². The van der Waals surface area contributed by atoms with E-state index in [-0.39, 0.29) is 24.1 Å². The van der Waals surface area contributed by atoms with Gasteiger partial charge < -0.3 is 4.74 Å². The fourth-order valence-electron chi connectivity index (χ4n) is 2.50. The zero-order valence-corrected chi connectivity index (χ0v) is 11.8. The maximum Gasteiger partial charge on any atom is 0.307 e. The van der Waals surface area contributed by atoms with E-state index in [4.69, 9.17) is 4.74 Å². The van der Waals surface area contributed by atoms with Gasteiger partial charge in [-0.15, -0.1) is 6.58 Å². The van der Waals surface area contributed by atoms with Crippen molar-refractivity contribution in [3.8, 4) is 0 Å². The molecule has 0 aliphatic carbocycles. The summed E-state index contributed by atoms with van der Waals surface area (Å²) >= 11 is 0. The number of carbonyl (C=O) groups is 2. The minimum absolute atomic E-state index is 0.114. The number of carbonyl (C=O) groups excluding carboxylic acids is 2. The highest BCUT2D eigenvalue weighted by atomic mass is 16.6. The van der Waals surface area contributed by atoms with Crippen molar-refractivity contribution in [3.05, 3.63) is 48.0 Å². The van der Waals surface area contributed by atoms with Gasteiger partial charge in [0.2, 0.25) is 0 Å². The number of esters is 1. The van der Waals surface area contributed by atoms with Crippen molar-refractivity contribution in [1.29, 1.82) is 0 Å². The number of hydrogen-bond donors (Lipinski definition) is 0. The molecule has 2 atom stereocenters. The average Bonchev–Trinajstić information content (AvgIpc) is 2.82. The van der Waals surface area contributed by atoms with E-state index < -0.39 is 6.10 Å². The number of aryl methyl sites for hydroxylation is 1. The Morgan fingerprint density at radius 2 is 2.10 bits per heavy atom. The molecule has 0 saturated carbocycles. The number of cyclic esters (lactones) is 1. The van der Waals surface area contributed by atoms with Gasteiger partial charge in [-0.2, -0.15) is 0 Å². The van der Waals surface area contributed by atoms with Gasteiger partial charge in [0, 0.05) is 6.42 Å². The molecule has 1 fully saturated rings. The Morgan fingerprint density at radius 1 is 1.40 bits per heavy atom. The lowest BCUT2D eigenvalue weighted by atomic mass is 9.89. The van der Waals surface area contributed by atoms with Crippen LogP contribution in [0.2, 0.25) is 0 Å². The van der Waals surface area contributed by atoms with E-state index in [9.17, 15) is 9.59 Å². The molecule has 20 heavy (non-hydrogen) atoms. The lowest BCUT2D eigenvalue weighted by Gasteiger charge is -2.17. The fraction of sp³-hybridized carbons (Fsp3) is 0.412. The first-order valence-corrected chi connectivity index (χ1v) is 7.01. The highest BCUT2D eigenvalue weighted by Crippen LogP contribution is 2.36. The third-order valence-corrected chi connectivity index (χ3v) is 3.66. The lowest BCUT2D eigenvalue weighted by molar-refractivity contribution is -0.141. The quantitative estimate of drug-likeness (QED) is 0.452. The molecule has 1 aliphatic heterocycles. The molecule has 1 saturated heterocycles. The summed E-state index contributed by atoms with van der Waals surface area (Å²) in [4.78, 5) is 23.8. The number of allylic oxidation sites excluding steroid dienone is 1. The summed E-state index contributed by atoms with van der Waals surface area (Å²) in [6.07, 6.45) is 3.68. The third kappa shape index (κ3) is 3.35. The molecule has 0 radical (unpaired) electrons. The van der Waals surface area contributed by atoms with Crippen molar-refractivity contribution in [1.82, 2.24) is 0 Å². The van der Waals surface area contributed by atoms with Crippen molar-refractivity contribution in [2.75, 3.05) is 0 Å². The second-order valence-electron chi connectivity index (χ2n) is 5.28. The van der Waals surface area contributed by atoms with Crippen LogP contribution in [-0.4, -0.2) is 11.8 Å². The largest absolute Gasteiger partial charge is 0.457 e. The summed E-state index contributed by atoms with van der Waals surface area (Å²) in [7, 11) is 0. The first-order valence-electron chi connectivity index (χ1n) is 7.01. The summed E-state index contributed by atoms with van der Waals surface area (Å²) < 4.78 is 5.35. The Balaban J connectivity index is 2.09. The zero-order valence-electron chi connectivity index (χ0n) is 11.8. The van der Waals surface area contributed by atoms with Gasteiger partial charge in [-0.3, -0.25) is 9.59 Å². The maximum atomic E-state index is 12.2. The predicted molar refractivity (Wildman–Crippen MR) is 77.2 cm³/mol. The molecule has 1 aromatic carbocycles. The van der Waals surface area contributed by atoms with E-state index in [1.54, 1.807) is 6.08 Å². The molecule has 0 amide bonds. The predicted octanol–water partition coefficient (Wildman–Crippen LogP) is 3.52. The van der Waals surface area contributed by atoms with Gasteiger partial charge in [0.15, 0.2) is 0 Å². The summed E-state index contributed by atoms with van der Waals surface area (Å²) in [6, 6.07) is 7.81. The SMILES string of the molecule is C=CCCCC(=O)[C@H]1CC(=O)O[C@@H]1c1ccc(C)cc1. The van der Waals surface area contributed by atoms with Crippen LogP contribution in [0.4, 0.5) is 0 Å². The molecule has 0 N–H and O–H groups in total. The van der Waals surface area contributed by atoms with E-state index in [0.29, 0.717) is 6.42 Å². The Kier molecular flexibility index (Phi) is 4.72. The molecular formula is C17H20O3. The molecule has 1 aliphatic rings. The van der Waals surface area contributed by atoms with Crippen LogP contribution in [0.5, 0.6) is 0 Å². The molecule has 1 heterocycles. The third-order valence-electron chi connectivity index (χ3n) is 3.66. The number of rotatable bonds is 6. The van der Waals surface area contributed by atoms with Crippen LogP contribution in [0, 0.1) is 12.8 Å². The number of ether oxygens (including phenoxy) is 1. The second-order valence-corrected chi connectivity index (χ2v) is 5.28. The number of unbranched alkanes of at least 4 members (excludes halogenated alkanes) is 1. The Hall–Kier alpha value is -1.90. The van der Waals surface area contributed by atoms with E-state index in [0.717, 1.165) is 24.0 Å². The van der Waals surface area contributed by atoms with Crippen molar-refractivity contribution in [2.45, 2.75) is 38.7 Å². The molecule has 0 unspecified atom stereocenters. The van der Waals surface area contributed by atoms with Gasteiger partial charge in [-0.1, -0.05) is 35.9 Å². The molecule has 0 bridgehead atoms. The van der Waals surface area contributed by atoms with Crippen LogP contribution in [0.15, 0.2) is 36.9 Å². The van der Waals surface area contributed by atoms with Crippen molar-refractivity contribution in [3.63, 3.8) is 0 Å². The number of ketones is 1. The van der Waals surface area contributed by atoms with Crippen molar-refractivity contribution in [2.24, 2.45) is 5.92 Å². The van der Waals surface area contributed by atoms with Gasteiger partial charge >= 0.3 is 5.97 Å². The maximum absolute atomic E-state index is 12.2. The molecular weight excluding hydrogens is 252 g/mol. The monoisotopic (exact) mass is 272 g/mol. The second kappa shape index (κ2) is 6.51. The minimum atomic E-state index is -0.417. The first-order chi connectivity index (χ1) is 9.61. The smallest absolute Gasteiger partial charge is 0.307 e. The van der Waals surface area contributed by atoms with E-state index in [2.05, 4.69) is 6.58 Å². The van der Waals surface area contributed by atoms with Crippen LogP contribution in [-0.2, 0) is 14.3 Å². The van der Waals surface area contributed by atoms with Crippen LogP contribution in [0.1, 0.15) is 42.9 Å². The number of hydrogen-bond acceptors (Lipinski definition) is 3. The van der Waals surface area contributed by atoms with Gasteiger partial charge in [-0.05, 0) is 25.3 Å². The zero-order chi connectivity index (χ0) is 14.5. The highest BCUT2D eigenvalue weighted by molar-refractivity contribution is 5.88. The van der Waals surface area contributed by atoms with Crippen molar-refractivity contribution < 1.29 is 14.3 Å². The Morgan fingerprint density at radius 3 is 2.75 bits per heavy atom. The molecule has 1 aromatic rings. The summed E-state index contributed by atoms with van der Waals surface area (Å²) in [6.45, 7) is 5.65. The molecule has 3 nitrogen and oxygen atoms in total. The molecule has 106 valence electrons. The fourth-order valence-corrected chi connectivity index (χ4v) is 2.50. The van der Waals surface area contributed by atoms with Crippen LogP contribution in [0.25, 0.3) is 0 Å². The van der Waals surface area contributed by atoms with E-state index in [1.165, 1.54) is 0 Å². The van der Waals surface area contributed by atoms with Crippen LogP contribution < -0.4 is 0 Å². The van der Waals surface area contributed by atoms with E-state index in [1.807, 2.05) is 31.2 Å². The van der Waals surface area contributed by atoms with Crippen molar-refractivity contribution >= 4 is 11.8 Å². The summed E-state index contributed by atoms with van der Waals surface area (Å²) in [5.74, 6) is -0.504. The molecule has 0 spiro atoms. The topological polar surface area (TPSA) is 43.4 Å². The van der Waals surface area contributed by atoms with Crippen LogP contribution in [0.3, 0.4) is 0 Å². The first kappa shape index (κ1) is 14.5. The molecule has 2 rings (SSSR count). The summed E-state index contributed by atoms with van der Waals surface area (Å²) in [5.41, 5.74) is 2.05. The van der Waals surface area contributed by atoms with Gasteiger partial charge in [-0.25, -0.2) is 0 Å². The highest BCUT2D eigenvalue weighted by Gasteiger charge is 2.39. The average molecular weight is 272 g/mol. The van der Waals surface area contributed by atoms with Crippen LogP contribution >= 0.6 is 0 Å². The normalized spacial score (nSPS) is 21.6.